The molecular formula is C15H16N2O3. The minimum absolute atomic E-state index is 0.00805. The van der Waals surface area contributed by atoms with Gasteiger partial charge in [0, 0.05) is 17.8 Å². The zero-order valence-electron chi connectivity index (χ0n) is 10.9. The Labute approximate surface area is 117 Å². The fourth-order valence-electron chi connectivity index (χ4n) is 1.97. The Hall–Kier alpha value is -2.40. The van der Waals surface area contributed by atoms with Crippen molar-refractivity contribution in [3.8, 4) is 0 Å². The van der Waals surface area contributed by atoms with Gasteiger partial charge in [0.1, 0.15) is 0 Å². The van der Waals surface area contributed by atoms with Crippen LogP contribution in [0.4, 0.5) is 11.4 Å². The number of hydrogen-bond donors (Lipinski definition) is 2. The second kappa shape index (κ2) is 6.68. The smallest absolute Gasteiger partial charge is 0.269 e. The molecule has 0 aliphatic heterocycles. The Kier molecular flexibility index (Phi) is 4.68. The lowest BCUT2D eigenvalue weighted by Crippen LogP contribution is -2.26. The molecule has 0 saturated carbocycles. The Bertz CT molecular complexity index is 555. The van der Waals surface area contributed by atoms with Gasteiger partial charge in [0.25, 0.3) is 5.69 Å². The number of non-ortho nitro benzene ring substituents is 1. The lowest BCUT2D eigenvalue weighted by Gasteiger charge is -2.17. The van der Waals surface area contributed by atoms with Crippen LogP contribution in [-0.4, -0.2) is 22.7 Å². The number of aliphatic hydroxyl groups excluding tert-OH is 1. The molecule has 104 valence electrons. The first-order valence-electron chi connectivity index (χ1n) is 6.35. The molecular weight excluding hydrogens is 256 g/mol. The Balaban J connectivity index is 2.01. The highest BCUT2D eigenvalue weighted by Crippen LogP contribution is 2.17. The van der Waals surface area contributed by atoms with Crippen LogP contribution in [0.5, 0.6) is 0 Å². The maximum absolute atomic E-state index is 10.6. The second-order valence-electron chi connectivity index (χ2n) is 4.52. The molecule has 0 fully saturated rings. The monoisotopic (exact) mass is 272 g/mol. The van der Waals surface area contributed by atoms with E-state index in [1.807, 2.05) is 30.3 Å². The van der Waals surface area contributed by atoms with Crippen molar-refractivity contribution in [1.82, 2.24) is 0 Å². The second-order valence-corrected chi connectivity index (χ2v) is 4.52. The predicted molar refractivity (Wildman–Crippen MR) is 77.7 cm³/mol. The average molecular weight is 272 g/mol. The summed E-state index contributed by atoms with van der Waals surface area (Å²) in [6.07, 6.45) is 0.689. The quantitative estimate of drug-likeness (QED) is 0.626. The third-order valence-electron chi connectivity index (χ3n) is 2.99. The van der Waals surface area contributed by atoms with Crippen molar-refractivity contribution in [2.45, 2.75) is 12.5 Å². The SMILES string of the molecule is O=[N+]([O-])c1ccc(NC(CO)Cc2ccccc2)cc1. The molecule has 2 N–H and O–H groups in total. The molecule has 5 nitrogen and oxygen atoms in total. The third kappa shape index (κ3) is 3.80. The van der Waals surface area contributed by atoms with E-state index < -0.39 is 4.92 Å². The summed E-state index contributed by atoms with van der Waals surface area (Å²) in [7, 11) is 0. The summed E-state index contributed by atoms with van der Waals surface area (Å²) in [5, 5.41) is 23.2. The highest BCUT2D eigenvalue weighted by molar-refractivity contribution is 5.49. The van der Waals surface area contributed by atoms with Gasteiger partial charge in [0.15, 0.2) is 0 Å². The van der Waals surface area contributed by atoms with Crippen LogP contribution < -0.4 is 5.32 Å². The summed E-state index contributed by atoms with van der Waals surface area (Å²) >= 11 is 0. The fraction of sp³-hybridized carbons (Fsp3) is 0.200. The average Bonchev–Trinajstić information content (AvgIpc) is 2.48. The molecule has 2 rings (SSSR count). The maximum Gasteiger partial charge on any atom is 0.269 e. The molecule has 0 aliphatic rings. The summed E-state index contributed by atoms with van der Waals surface area (Å²) in [5.41, 5.74) is 1.94. The van der Waals surface area contributed by atoms with E-state index in [1.54, 1.807) is 12.1 Å². The number of aliphatic hydroxyl groups is 1. The minimum atomic E-state index is -0.433. The molecule has 0 saturated heterocycles. The van der Waals surface area contributed by atoms with Gasteiger partial charge in [-0.15, -0.1) is 0 Å². The number of anilines is 1. The topological polar surface area (TPSA) is 75.4 Å². The van der Waals surface area contributed by atoms with E-state index >= 15 is 0 Å². The van der Waals surface area contributed by atoms with E-state index in [2.05, 4.69) is 5.32 Å². The minimum Gasteiger partial charge on any atom is -0.394 e. The van der Waals surface area contributed by atoms with Crippen LogP contribution in [0.25, 0.3) is 0 Å². The molecule has 2 aromatic carbocycles. The van der Waals surface area contributed by atoms with E-state index in [1.165, 1.54) is 12.1 Å². The Morgan fingerprint density at radius 2 is 1.75 bits per heavy atom. The molecule has 5 heteroatoms. The number of nitrogens with one attached hydrogen (secondary N) is 1. The summed E-state index contributed by atoms with van der Waals surface area (Å²) in [5.74, 6) is 0. The number of nitrogens with zero attached hydrogens (tertiary/aromatic N) is 1. The van der Waals surface area contributed by atoms with Gasteiger partial charge in [-0.1, -0.05) is 30.3 Å². The number of nitro benzene ring substituents is 1. The van der Waals surface area contributed by atoms with Crippen LogP contribution in [-0.2, 0) is 6.42 Å². The van der Waals surface area contributed by atoms with Gasteiger partial charge in [0.05, 0.1) is 17.6 Å². The highest BCUT2D eigenvalue weighted by atomic mass is 16.6. The molecule has 0 aliphatic carbocycles. The van der Waals surface area contributed by atoms with Gasteiger partial charge in [-0.05, 0) is 24.1 Å². The van der Waals surface area contributed by atoms with E-state index in [-0.39, 0.29) is 18.3 Å². The van der Waals surface area contributed by atoms with E-state index in [4.69, 9.17) is 0 Å². The highest BCUT2D eigenvalue weighted by Gasteiger charge is 2.09. The first kappa shape index (κ1) is 14.0. The van der Waals surface area contributed by atoms with Crippen LogP contribution in [0.15, 0.2) is 54.6 Å². The molecule has 2 aromatic rings. The first-order chi connectivity index (χ1) is 9.69. The fourth-order valence-corrected chi connectivity index (χ4v) is 1.97. The lowest BCUT2D eigenvalue weighted by atomic mass is 10.1. The molecule has 0 aromatic heterocycles. The summed E-state index contributed by atoms with van der Waals surface area (Å²) in [6, 6.07) is 15.9. The van der Waals surface area contributed by atoms with Gasteiger partial charge < -0.3 is 10.4 Å². The van der Waals surface area contributed by atoms with Gasteiger partial charge in [0.2, 0.25) is 0 Å². The standard InChI is InChI=1S/C15H16N2O3/c18-11-14(10-12-4-2-1-3-5-12)16-13-6-8-15(9-7-13)17(19)20/h1-9,14,16,18H,10-11H2. The van der Waals surface area contributed by atoms with Crippen LogP contribution >= 0.6 is 0 Å². The number of benzene rings is 2. The van der Waals surface area contributed by atoms with E-state index in [9.17, 15) is 15.2 Å². The molecule has 0 radical (unpaired) electrons. The Morgan fingerprint density at radius 1 is 1.10 bits per heavy atom. The van der Waals surface area contributed by atoms with E-state index in [0.717, 1.165) is 11.3 Å². The van der Waals surface area contributed by atoms with Crippen molar-refractivity contribution in [3.05, 3.63) is 70.3 Å². The van der Waals surface area contributed by atoms with Crippen LogP contribution in [0.2, 0.25) is 0 Å². The van der Waals surface area contributed by atoms with Crippen molar-refractivity contribution in [3.63, 3.8) is 0 Å². The number of hydrogen-bond acceptors (Lipinski definition) is 4. The van der Waals surface area contributed by atoms with Crippen molar-refractivity contribution < 1.29 is 10.0 Å². The summed E-state index contributed by atoms with van der Waals surface area (Å²) in [4.78, 5) is 10.1. The Morgan fingerprint density at radius 3 is 2.30 bits per heavy atom. The largest absolute Gasteiger partial charge is 0.394 e. The summed E-state index contributed by atoms with van der Waals surface area (Å²) < 4.78 is 0. The lowest BCUT2D eigenvalue weighted by molar-refractivity contribution is -0.384. The molecule has 0 bridgehead atoms. The van der Waals surface area contributed by atoms with Gasteiger partial charge in [-0.2, -0.15) is 0 Å². The first-order valence-corrected chi connectivity index (χ1v) is 6.35. The van der Waals surface area contributed by atoms with Crippen LogP contribution in [0.3, 0.4) is 0 Å². The van der Waals surface area contributed by atoms with Crippen molar-refractivity contribution in [1.29, 1.82) is 0 Å². The summed E-state index contributed by atoms with van der Waals surface area (Å²) in [6.45, 7) is -0.00805. The molecule has 0 amide bonds. The number of nitro groups is 1. The van der Waals surface area contributed by atoms with Crippen LogP contribution in [0, 0.1) is 10.1 Å². The normalized spacial score (nSPS) is 11.8. The molecule has 1 unspecified atom stereocenters. The zero-order chi connectivity index (χ0) is 14.4. The molecule has 1 atom stereocenters. The van der Waals surface area contributed by atoms with Crippen LogP contribution in [0.1, 0.15) is 5.56 Å². The predicted octanol–water partition coefficient (Wildman–Crippen LogP) is 2.61. The van der Waals surface area contributed by atoms with Gasteiger partial charge in [-0.25, -0.2) is 0 Å². The molecule has 20 heavy (non-hydrogen) atoms. The molecule has 0 spiro atoms. The third-order valence-corrected chi connectivity index (χ3v) is 2.99. The molecule has 0 heterocycles. The van der Waals surface area contributed by atoms with Gasteiger partial charge >= 0.3 is 0 Å². The zero-order valence-corrected chi connectivity index (χ0v) is 10.9. The van der Waals surface area contributed by atoms with Gasteiger partial charge in [-0.3, -0.25) is 10.1 Å². The van der Waals surface area contributed by atoms with Crippen molar-refractivity contribution in [2.75, 3.05) is 11.9 Å². The van der Waals surface area contributed by atoms with E-state index in [0.29, 0.717) is 6.42 Å². The van der Waals surface area contributed by atoms with Crippen molar-refractivity contribution in [2.24, 2.45) is 0 Å². The maximum atomic E-state index is 10.6. The van der Waals surface area contributed by atoms with Crippen molar-refractivity contribution >= 4 is 11.4 Å². The number of rotatable bonds is 6.